The van der Waals surface area contributed by atoms with Crippen LogP contribution in [0, 0.1) is 0 Å². The number of carbonyl (C=O) groups is 2. The third-order valence-electron chi connectivity index (χ3n) is 4.13. The third kappa shape index (κ3) is 6.90. The highest BCUT2D eigenvalue weighted by molar-refractivity contribution is 6.31. The van der Waals surface area contributed by atoms with Crippen LogP contribution in [-0.4, -0.2) is 36.9 Å². The monoisotopic (exact) mass is 461 g/mol. The van der Waals surface area contributed by atoms with Gasteiger partial charge in [-0.05, 0) is 43.8 Å². The van der Waals surface area contributed by atoms with Gasteiger partial charge in [0.1, 0.15) is 0 Å². The van der Waals surface area contributed by atoms with Gasteiger partial charge in [-0.25, -0.2) is 0 Å². The first-order valence-corrected chi connectivity index (χ1v) is 9.62. The van der Waals surface area contributed by atoms with E-state index in [9.17, 15) is 22.8 Å². The minimum atomic E-state index is -4.63. The average Bonchev–Trinajstić information content (AvgIpc) is 2.62. The largest absolute Gasteiger partial charge is 0.417 e. The molecule has 0 unspecified atom stereocenters. The molecule has 2 aromatic carbocycles. The van der Waals surface area contributed by atoms with Crippen LogP contribution in [0.15, 0.2) is 42.5 Å². The Hall–Kier alpha value is -2.29. The Morgan fingerprint density at radius 2 is 1.67 bits per heavy atom. The third-order valence-corrected chi connectivity index (χ3v) is 4.81. The van der Waals surface area contributed by atoms with Crippen molar-refractivity contribution in [1.29, 1.82) is 0 Å². The molecule has 10 heteroatoms. The standard InChI is InChI=1S/C20H20Cl2F3N3O2/c1-12(14-5-3-4-6-16(14)21)26-18(29)10-28(2)11-19(30)27-13-7-8-17(22)15(9-13)20(23,24)25/h3-9,12H,10-11H2,1-2H3,(H,26,29)(H,27,30)/t12-/m1/s1. The number of likely N-dealkylation sites (N-methyl/N-ethyl adjacent to an activating group) is 1. The van der Waals surface area contributed by atoms with Gasteiger partial charge in [0.2, 0.25) is 11.8 Å². The van der Waals surface area contributed by atoms with Crippen LogP contribution in [-0.2, 0) is 15.8 Å². The van der Waals surface area contributed by atoms with Gasteiger partial charge in [0.15, 0.2) is 0 Å². The molecular weight excluding hydrogens is 442 g/mol. The molecule has 2 aromatic rings. The summed E-state index contributed by atoms with van der Waals surface area (Å²) in [5.41, 5.74) is -0.318. The number of amides is 2. The highest BCUT2D eigenvalue weighted by atomic mass is 35.5. The molecule has 30 heavy (non-hydrogen) atoms. The molecule has 1 atom stereocenters. The van der Waals surface area contributed by atoms with E-state index in [1.54, 1.807) is 38.2 Å². The normalized spacial score (nSPS) is 12.5. The predicted octanol–water partition coefficient (Wildman–Crippen LogP) is 4.76. The Bertz CT molecular complexity index is 922. The summed E-state index contributed by atoms with van der Waals surface area (Å²) in [6.45, 7) is 1.50. The second kappa shape index (κ2) is 10.1. The first-order valence-electron chi connectivity index (χ1n) is 8.86. The number of nitrogens with one attached hydrogen (secondary N) is 2. The molecule has 0 aliphatic carbocycles. The van der Waals surface area contributed by atoms with Crippen molar-refractivity contribution in [3.05, 3.63) is 63.6 Å². The number of alkyl halides is 3. The van der Waals surface area contributed by atoms with Crippen LogP contribution in [0.2, 0.25) is 10.0 Å². The van der Waals surface area contributed by atoms with Gasteiger partial charge in [-0.15, -0.1) is 0 Å². The maximum atomic E-state index is 12.9. The second-order valence-corrected chi connectivity index (χ2v) is 7.54. The summed E-state index contributed by atoms with van der Waals surface area (Å²) in [5, 5.41) is 5.23. The van der Waals surface area contributed by atoms with Gasteiger partial charge < -0.3 is 10.6 Å². The Balaban J connectivity index is 1.89. The molecule has 0 saturated heterocycles. The number of rotatable bonds is 7. The zero-order valence-corrected chi connectivity index (χ0v) is 17.7. The van der Waals surface area contributed by atoms with Gasteiger partial charge in [0, 0.05) is 10.7 Å². The van der Waals surface area contributed by atoms with Crippen molar-refractivity contribution >= 4 is 40.7 Å². The minimum Gasteiger partial charge on any atom is -0.348 e. The van der Waals surface area contributed by atoms with E-state index in [1.807, 2.05) is 0 Å². The average molecular weight is 462 g/mol. The summed E-state index contributed by atoms with van der Waals surface area (Å²) in [7, 11) is 1.54. The van der Waals surface area contributed by atoms with Crippen LogP contribution < -0.4 is 10.6 Å². The van der Waals surface area contributed by atoms with Crippen LogP contribution in [0.3, 0.4) is 0 Å². The van der Waals surface area contributed by atoms with Crippen molar-refractivity contribution in [2.75, 3.05) is 25.5 Å². The van der Waals surface area contributed by atoms with E-state index in [0.29, 0.717) is 5.02 Å². The highest BCUT2D eigenvalue weighted by Crippen LogP contribution is 2.36. The maximum absolute atomic E-state index is 12.9. The quantitative estimate of drug-likeness (QED) is 0.624. The van der Waals surface area contributed by atoms with Gasteiger partial charge in [0.05, 0.1) is 29.7 Å². The molecule has 0 fully saturated rings. The van der Waals surface area contributed by atoms with Gasteiger partial charge >= 0.3 is 6.18 Å². The lowest BCUT2D eigenvalue weighted by molar-refractivity contribution is -0.137. The van der Waals surface area contributed by atoms with Crippen molar-refractivity contribution < 1.29 is 22.8 Å². The number of nitrogens with zero attached hydrogens (tertiary/aromatic N) is 1. The SMILES string of the molecule is C[C@@H](NC(=O)CN(C)CC(=O)Nc1ccc(Cl)c(C(F)(F)F)c1)c1ccccc1Cl. The first kappa shape index (κ1) is 24.0. The zero-order valence-electron chi connectivity index (χ0n) is 16.2. The summed E-state index contributed by atoms with van der Waals surface area (Å²) in [6, 6.07) is 9.87. The zero-order chi connectivity index (χ0) is 22.5. The van der Waals surface area contributed by atoms with Crippen molar-refractivity contribution in [3.8, 4) is 0 Å². The number of carbonyl (C=O) groups excluding carboxylic acids is 2. The summed E-state index contributed by atoms with van der Waals surface area (Å²) in [6.07, 6.45) is -4.63. The molecule has 5 nitrogen and oxygen atoms in total. The number of benzene rings is 2. The van der Waals surface area contributed by atoms with Crippen molar-refractivity contribution in [2.24, 2.45) is 0 Å². The number of hydrogen-bond acceptors (Lipinski definition) is 3. The number of hydrogen-bond donors (Lipinski definition) is 2. The predicted molar refractivity (Wildman–Crippen MR) is 111 cm³/mol. The molecular formula is C20H20Cl2F3N3O2. The number of anilines is 1. The summed E-state index contributed by atoms with van der Waals surface area (Å²) >= 11 is 11.7. The van der Waals surface area contributed by atoms with E-state index in [2.05, 4.69) is 10.6 Å². The van der Waals surface area contributed by atoms with Gasteiger partial charge in [0.25, 0.3) is 0 Å². The van der Waals surface area contributed by atoms with E-state index in [4.69, 9.17) is 23.2 Å². The Morgan fingerprint density at radius 1 is 1.03 bits per heavy atom. The number of halogens is 5. The lowest BCUT2D eigenvalue weighted by atomic mass is 10.1. The Morgan fingerprint density at radius 3 is 2.30 bits per heavy atom. The van der Waals surface area contributed by atoms with Crippen molar-refractivity contribution in [2.45, 2.75) is 19.1 Å². The van der Waals surface area contributed by atoms with Crippen molar-refractivity contribution in [1.82, 2.24) is 10.2 Å². The van der Waals surface area contributed by atoms with E-state index in [1.165, 1.54) is 11.0 Å². The molecule has 0 aliphatic rings. The molecule has 0 radical (unpaired) electrons. The summed E-state index contributed by atoms with van der Waals surface area (Å²) < 4.78 is 38.7. The summed E-state index contributed by atoms with van der Waals surface area (Å²) in [5.74, 6) is -0.900. The fourth-order valence-corrected chi connectivity index (χ4v) is 3.28. The molecule has 0 saturated carbocycles. The van der Waals surface area contributed by atoms with Gasteiger partial charge in [-0.2, -0.15) is 13.2 Å². The summed E-state index contributed by atoms with van der Waals surface area (Å²) in [4.78, 5) is 25.8. The molecule has 0 heterocycles. The molecule has 2 rings (SSSR count). The van der Waals surface area contributed by atoms with Crippen LogP contribution in [0.4, 0.5) is 18.9 Å². The molecule has 162 valence electrons. The molecule has 0 spiro atoms. The van der Waals surface area contributed by atoms with Crippen LogP contribution in [0.1, 0.15) is 24.1 Å². The lowest BCUT2D eigenvalue weighted by Crippen LogP contribution is -2.39. The lowest BCUT2D eigenvalue weighted by Gasteiger charge is -2.19. The van der Waals surface area contributed by atoms with Gasteiger partial charge in [-0.3, -0.25) is 14.5 Å². The first-order chi connectivity index (χ1) is 14.0. The van der Waals surface area contributed by atoms with Crippen LogP contribution in [0.5, 0.6) is 0 Å². The highest BCUT2D eigenvalue weighted by Gasteiger charge is 2.33. The molecule has 2 amide bonds. The fraction of sp³-hybridized carbons (Fsp3) is 0.300. The fourth-order valence-electron chi connectivity index (χ4n) is 2.76. The molecule has 2 N–H and O–H groups in total. The smallest absolute Gasteiger partial charge is 0.348 e. The van der Waals surface area contributed by atoms with E-state index >= 15 is 0 Å². The second-order valence-electron chi connectivity index (χ2n) is 6.72. The molecule has 0 aliphatic heterocycles. The topological polar surface area (TPSA) is 61.4 Å². The van der Waals surface area contributed by atoms with Crippen molar-refractivity contribution in [3.63, 3.8) is 0 Å². The Labute approximate surface area is 182 Å². The van der Waals surface area contributed by atoms with Crippen LogP contribution in [0.25, 0.3) is 0 Å². The Kier molecular flexibility index (Phi) is 8.11. The van der Waals surface area contributed by atoms with E-state index in [-0.39, 0.29) is 30.7 Å². The van der Waals surface area contributed by atoms with E-state index in [0.717, 1.165) is 17.7 Å². The van der Waals surface area contributed by atoms with Crippen LogP contribution >= 0.6 is 23.2 Å². The van der Waals surface area contributed by atoms with E-state index < -0.39 is 22.7 Å². The minimum absolute atomic E-state index is 0.0399. The maximum Gasteiger partial charge on any atom is 0.417 e. The molecule has 0 aromatic heterocycles. The van der Waals surface area contributed by atoms with Gasteiger partial charge in [-0.1, -0.05) is 41.4 Å². The molecule has 0 bridgehead atoms.